The second-order valence-electron chi connectivity index (χ2n) is 3.70. The highest BCUT2D eigenvalue weighted by Gasteiger charge is 2.18. The zero-order valence-electron chi connectivity index (χ0n) is 9.39. The minimum Gasteiger partial charge on any atom is -0.258 e. The van der Waals surface area contributed by atoms with Gasteiger partial charge in [0.05, 0.1) is 16.5 Å². The molecule has 0 spiro atoms. The monoisotopic (exact) mass is 275 g/mol. The minimum absolute atomic E-state index is 0.0535. The molecule has 0 aliphatic heterocycles. The van der Waals surface area contributed by atoms with Gasteiger partial charge in [0.1, 0.15) is 17.2 Å². The van der Waals surface area contributed by atoms with Crippen molar-refractivity contribution in [2.24, 2.45) is 0 Å². The van der Waals surface area contributed by atoms with Gasteiger partial charge >= 0.3 is 0 Å². The topological polar surface area (TPSA) is 86.7 Å². The van der Waals surface area contributed by atoms with Gasteiger partial charge in [-0.15, -0.1) is 0 Å². The van der Waals surface area contributed by atoms with E-state index in [1.807, 2.05) is 0 Å². The normalized spacial score (nSPS) is 10.8. The molecule has 0 saturated carbocycles. The number of nitro groups is 1. The Bertz CT molecular complexity index is 786. The van der Waals surface area contributed by atoms with Gasteiger partial charge in [-0.25, -0.2) is 14.6 Å². The number of rotatable bonds is 2. The van der Waals surface area contributed by atoms with Gasteiger partial charge in [-0.3, -0.25) is 10.1 Å². The Kier molecular flexibility index (Phi) is 2.60. The molecule has 94 valence electrons. The molecule has 3 aromatic rings. The first-order valence-electron chi connectivity index (χ1n) is 5.26. The van der Waals surface area contributed by atoms with E-state index in [1.165, 1.54) is 23.3 Å². The summed E-state index contributed by atoms with van der Waals surface area (Å²) in [6.07, 6.45) is 2.77. The third kappa shape index (κ3) is 1.80. The maximum absolute atomic E-state index is 11.0. The molecule has 2 heterocycles. The summed E-state index contributed by atoms with van der Waals surface area (Å²) in [4.78, 5) is 18.5. The zero-order chi connectivity index (χ0) is 13.4. The third-order valence-corrected chi connectivity index (χ3v) is 2.92. The van der Waals surface area contributed by atoms with E-state index in [9.17, 15) is 10.1 Å². The Morgan fingerprint density at radius 2 is 2.05 bits per heavy atom. The van der Waals surface area contributed by atoms with Crippen LogP contribution in [0.3, 0.4) is 0 Å². The maximum Gasteiger partial charge on any atom is 0.294 e. The minimum atomic E-state index is -0.467. The van der Waals surface area contributed by atoms with E-state index in [-0.39, 0.29) is 10.8 Å². The van der Waals surface area contributed by atoms with Gasteiger partial charge in [0.15, 0.2) is 5.65 Å². The molecule has 0 radical (unpaired) electrons. The summed E-state index contributed by atoms with van der Waals surface area (Å²) < 4.78 is 1.38. The number of nitrogens with zero attached hydrogens (tertiary/aromatic N) is 5. The quantitative estimate of drug-likeness (QED) is 0.407. The van der Waals surface area contributed by atoms with Crippen molar-refractivity contribution in [3.8, 4) is 5.69 Å². The molecule has 0 unspecified atom stereocenters. The summed E-state index contributed by atoms with van der Waals surface area (Å²) >= 11 is 5.92. The van der Waals surface area contributed by atoms with Crippen LogP contribution in [-0.4, -0.2) is 24.7 Å². The summed E-state index contributed by atoms with van der Waals surface area (Å²) in [7, 11) is 0. The molecule has 0 saturated heterocycles. The summed E-state index contributed by atoms with van der Waals surface area (Å²) in [5.74, 6) is 0. The van der Waals surface area contributed by atoms with E-state index in [2.05, 4.69) is 15.1 Å². The molecule has 0 aliphatic carbocycles. The standard InChI is InChI=1S/C11H6ClN5O2/c12-10-7-5-15-16(11(7)14-6-13-10)8-3-1-2-4-9(8)17(18)19/h1-6H. The van der Waals surface area contributed by atoms with Gasteiger partial charge in [-0.2, -0.15) is 5.10 Å². The van der Waals surface area contributed by atoms with Crippen molar-refractivity contribution in [1.29, 1.82) is 0 Å². The average Bonchev–Trinajstić information content (AvgIpc) is 2.84. The lowest BCUT2D eigenvalue weighted by Gasteiger charge is -2.03. The van der Waals surface area contributed by atoms with Crippen LogP contribution in [0.2, 0.25) is 5.15 Å². The summed E-state index contributed by atoms with van der Waals surface area (Å²) in [6, 6.07) is 6.29. The molecule has 3 rings (SSSR count). The van der Waals surface area contributed by atoms with Crippen LogP contribution in [0.4, 0.5) is 5.69 Å². The van der Waals surface area contributed by atoms with Crippen molar-refractivity contribution >= 4 is 28.3 Å². The predicted octanol–water partition coefficient (Wildman–Crippen LogP) is 2.38. The second-order valence-corrected chi connectivity index (χ2v) is 4.06. The molecule has 0 amide bonds. The Labute approximate surface area is 111 Å². The SMILES string of the molecule is O=[N+]([O-])c1ccccc1-n1ncc2c(Cl)ncnc21. The van der Waals surface area contributed by atoms with Gasteiger partial charge in [0, 0.05) is 6.07 Å². The van der Waals surface area contributed by atoms with Gasteiger partial charge in [-0.1, -0.05) is 23.7 Å². The Hall–Kier alpha value is -2.54. The first-order valence-corrected chi connectivity index (χ1v) is 5.64. The van der Waals surface area contributed by atoms with Crippen LogP contribution in [0, 0.1) is 10.1 Å². The van der Waals surface area contributed by atoms with Crippen LogP contribution in [0.25, 0.3) is 16.7 Å². The number of hydrogen-bond donors (Lipinski definition) is 0. The van der Waals surface area contributed by atoms with E-state index >= 15 is 0 Å². The van der Waals surface area contributed by atoms with Crippen LogP contribution < -0.4 is 0 Å². The second kappa shape index (κ2) is 4.29. The van der Waals surface area contributed by atoms with Crippen LogP contribution in [0.1, 0.15) is 0 Å². The molecule has 8 heteroatoms. The van der Waals surface area contributed by atoms with Crippen molar-refractivity contribution in [3.63, 3.8) is 0 Å². The third-order valence-electron chi connectivity index (χ3n) is 2.62. The molecular formula is C11H6ClN5O2. The fourth-order valence-electron chi connectivity index (χ4n) is 1.79. The van der Waals surface area contributed by atoms with Crippen molar-refractivity contribution in [3.05, 3.63) is 52.1 Å². The van der Waals surface area contributed by atoms with Crippen molar-refractivity contribution in [1.82, 2.24) is 19.7 Å². The van der Waals surface area contributed by atoms with Crippen LogP contribution in [-0.2, 0) is 0 Å². The van der Waals surface area contributed by atoms with Gasteiger partial charge < -0.3 is 0 Å². The highest BCUT2D eigenvalue weighted by atomic mass is 35.5. The first kappa shape index (κ1) is 11.5. The number of aromatic nitrogens is 4. The number of benzene rings is 1. The maximum atomic E-state index is 11.0. The summed E-state index contributed by atoms with van der Waals surface area (Å²) in [5, 5.41) is 15.9. The molecule has 0 fully saturated rings. The van der Waals surface area contributed by atoms with Crippen molar-refractivity contribution in [2.45, 2.75) is 0 Å². The van der Waals surface area contributed by atoms with Crippen LogP contribution >= 0.6 is 11.6 Å². The molecule has 0 aliphatic rings. The van der Waals surface area contributed by atoms with E-state index in [0.29, 0.717) is 16.7 Å². The highest BCUT2D eigenvalue weighted by molar-refractivity contribution is 6.33. The molecule has 1 aromatic carbocycles. The van der Waals surface area contributed by atoms with E-state index < -0.39 is 4.92 Å². The first-order chi connectivity index (χ1) is 9.18. The smallest absolute Gasteiger partial charge is 0.258 e. The van der Waals surface area contributed by atoms with E-state index in [0.717, 1.165) is 0 Å². The fraction of sp³-hybridized carbons (Fsp3) is 0. The van der Waals surface area contributed by atoms with Crippen LogP contribution in [0.15, 0.2) is 36.8 Å². The lowest BCUT2D eigenvalue weighted by atomic mass is 10.2. The highest BCUT2D eigenvalue weighted by Crippen LogP contribution is 2.26. The predicted molar refractivity (Wildman–Crippen MR) is 68.3 cm³/mol. The number of halogens is 1. The number of para-hydroxylation sites is 2. The number of nitro benzene ring substituents is 1. The number of fused-ring (bicyclic) bond motifs is 1. The van der Waals surface area contributed by atoms with Crippen molar-refractivity contribution in [2.75, 3.05) is 0 Å². The largest absolute Gasteiger partial charge is 0.294 e. The zero-order valence-corrected chi connectivity index (χ0v) is 10.2. The van der Waals surface area contributed by atoms with Gasteiger partial charge in [0.25, 0.3) is 5.69 Å². The average molecular weight is 276 g/mol. The molecule has 0 N–H and O–H groups in total. The lowest BCUT2D eigenvalue weighted by molar-refractivity contribution is -0.384. The molecule has 19 heavy (non-hydrogen) atoms. The van der Waals surface area contributed by atoms with E-state index in [1.54, 1.807) is 18.2 Å². The molecular weight excluding hydrogens is 270 g/mol. The lowest BCUT2D eigenvalue weighted by Crippen LogP contribution is -2.02. The Balaban J connectivity index is 2.32. The molecule has 2 aromatic heterocycles. The molecule has 7 nitrogen and oxygen atoms in total. The fourth-order valence-corrected chi connectivity index (χ4v) is 1.97. The Morgan fingerprint density at radius 3 is 2.84 bits per heavy atom. The summed E-state index contributed by atoms with van der Waals surface area (Å²) in [6.45, 7) is 0. The van der Waals surface area contributed by atoms with Gasteiger partial charge in [-0.05, 0) is 6.07 Å². The Morgan fingerprint density at radius 1 is 1.26 bits per heavy atom. The summed E-state index contributed by atoms with van der Waals surface area (Å²) in [5.41, 5.74) is 0.703. The van der Waals surface area contributed by atoms with Gasteiger partial charge in [0.2, 0.25) is 0 Å². The molecule has 0 atom stereocenters. The number of hydrogen-bond acceptors (Lipinski definition) is 5. The van der Waals surface area contributed by atoms with Crippen molar-refractivity contribution < 1.29 is 4.92 Å². The van der Waals surface area contributed by atoms with E-state index in [4.69, 9.17) is 11.6 Å². The van der Waals surface area contributed by atoms with Crippen LogP contribution in [0.5, 0.6) is 0 Å². The molecule has 0 bridgehead atoms.